The van der Waals surface area contributed by atoms with Crippen LogP contribution >= 0.6 is 0 Å². The third-order valence-electron chi connectivity index (χ3n) is 6.49. The van der Waals surface area contributed by atoms with Crippen molar-refractivity contribution in [3.8, 4) is 5.75 Å². The molecule has 0 amide bonds. The number of alkyl halides is 5. The highest BCUT2D eigenvalue weighted by Crippen LogP contribution is 2.51. The van der Waals surface area contributed by atoms with E-state index in [1.165, 1.54) is 11.0 Å². The summed E-state index contributed by atoms with van der Waals surface area (Å²) < 4.78 is 81.1. The van der Waals surface area contributed by atoms with Gasteiger partial charge in [0.25, 0.3) is 12.4 Å². The number of methoxy groups -OCH3 is 1. The first-order chi connectivity index (χ1) is 17.9. The number of carbonyl (C=O) groups is 1. The summed E-state index contributed by atoms with van der Waals surface area (Å²) in [7, 11) is 1.55. The number of hydrogen-bond donors (Lipinski definition) is 1. The van der Waals surface area contributed by atoms with Gasteiger partial charge in [0.1, 0.15) is 24.3 Å². The van der Waals surface area contributed by atoms with Gasteiger partial charge in [0, 0.05) is 18.1 Å². The summed E-state index contributed by atoms with van der Waals surface area (Å²) in [6.07, 6.45) is -6.46. The van der Waals surface area contributed by atoms with Crippen LogP contribution in [0.5, 0.6) is 5.75 Å². The van der Waals surface area contributed by atoms with Crippen molar-refractivity contribution >= 4 is 17.5 Å². The van der Waals surface area contributed by atoms with E-state index in [-0.39, 0.29) is 41.9 Å². The first-order valence-electron chi connectivity index (χ1n) is 11.9. The zero-order valence-corrected chi connectivity index (χ0v) is 21.0. The minimum absolute atomic E-state index is 0.0853. The second-order valence-electron chi connectivity index (χ2n) is 9.25. The molecule has 6 nitrogen and oxygen atoms in total. The number of hydrogen-bond acceptors (Lipinski definition) is 5. The number of carboxylic acid groups (broad SMARTS) is 1. The molecule has 5 rings (SSSR count). The van der Waals surface area contributed by atoms with Gasteiger partial charge in [-0.25, -0.2) is 8.78 Å². The molecular formula is C27H27F5N2O4. The normalized spacial score (nSPS) is 19.1. The minimum atomic E-state index is -4.60. The van der Waals surface area contributed by atoms with Gasteiger partial charge in [-0.3, -0.25) is 14.7 Å². The van der Waals surface area contributed by atoms with Crippen LogP contribution < -0.4 is 9.64 Å². The second-order valence-corrected chi connectivity index (χ2v) is 9.25. The molecule has 38 heavy (non-hydrogen) atoms. The lowest BCUT2D eigenvalue weighted by molar-refractivity contribution is -0.137. The van der Waals surface area contributed by atoms with E-state index in [1.807, 2.05) is 12.1 Å². The maximum atomic E-state index is 14.1. The van der Waals surface area contributed by atoms with Gasteiger partial charge in [0.05, 0.1) is 30.6 Å². The number of halogens is 5. The monoisotopic (exact) mass is 538 g/mol. The predicted octanol–water partition coefficient (Wildman–Crippen LogP) is 6.56. The van der Waals surface area contributed by atoms with Gasteiger partial charge in [0.2, 0.25) is 0 Å². The number of nitrogens with zero attached hydrogens (tertiary/aromatic N) is 2. The van der Waals surface area contributed by atoms with E-state index in [4.69, 9.17) is 19.4 Å². The molecule has 0 spiro atoms. The van der Waals surface area contributed by atoms with Crippen molar-refractivity contribution in [1.82, 2.24) is 0 Å². The fourth-order valence-corrected chi connectivity index (χ4v) is 4.78. The molecule has 3 aliphatic rings. The third kappa shape index (κ3) is 5.52. The van der Waals surface area contributed by atoms with Crippen LogP contribution in [0.2, 0.25) is 0 Å². The lowest BCUT2D eigenvalue weighted by atomic mass is 9.91. The summed E-state index contributed by atoms with van der Waals surface area (Å²) in [6.45, 7) is 2.61. The van der Waals surface area contributed by atoms with Gasteiger partial charge in [-0.15, -0.1) is 0 Å². The lowest BCUT2D eigenvalue weighted by Crippen LogP contribution is -2.39. The van der Waals surface area contributed by atoms with E-state index in [2.05, 4.69) is 4.99 Å². The molecule has 2 aromatic carbocycles. The highest BCUT2D eigenvalue weighted by Gasteiger charge is 2.40. The Morgan fingerprint density at radius 1 is 1.18 bits per heavy atom. The fourth-order valence-electron chi connectivity index (χ4n) is 4.78. The predicted molar refractivity (Wildman–Crippen MR) is 131 cm³/mol. The van der Waals surface area contributed by atoms with Crippen LogP contribution in [0.3, 0.4) is 0 Å². The summed E-state index contributed by atoms with van der Waals surface area (Å²) >= 11 is 0. The van der Waals surface area contributed by atoms with Crippen LogP contribution in [-0.4, -0.2) is 43.6 Å². The highest BCUT2D eigenvalue weighted by molar-refractivity contribution is 6.04. The van der Waals surface area contributed by atoms with Crippen molar-refractivity contribution in [3.63, 3.8) is 0 Å². The largest absolute Gasteiger partial charge is 0.496 e. The Labute approximate surface area is 216 Å². The van der Waals surface area contributed by atoms with Gasteiger partial charge in [-0.05, 0) is 61.1 Å². The summed E-state index contributed by atoms with van der Waals surface area (Å²) in [4.78, 5) is 14.7. The summed E-state index contributed by atoms with van der Waals surface area (Å²) in [6, 6.07) is 8.56. The van der Waals surface area contributed by atoms with E-state index in [9.17, 15) is 22.0 Å². The Bertz CT molecular complexity index is 1280. The van der Waals surface area contributed by atoms with Crippen LogP contribution in [0.1, 0.15) is 61.0 Å². The van der Waals surface area contributed by atoms with Gasteiger partial charge in [0.15, 0.2) is 0 Å². The Morgan fingerprint density at radius 2 is 1.87 bits per heavy atom. The Balaban J connectivity index is 0.000000786. The molecule has 1 fully saturated rings. The number of carboxylic acids is 1. The molecule has 0 radical (unpaired) electrons. The first kappa shape index (κ1) is 27.6. The topological polar surface area (TPSA) is 71.4 Å². The average Bonchev–Trinajstić information content (AvgIpc) is 3.69. The quantitative estimate of drug-likeness (QED) is 0.447. The SMILES string of the molecule is CC(=O)O.COc1cccc(C2OCC3=NCC(C)=C(C(F)F)N3c3ccc(C(F)(F)F)cc32)c1C1CC1. The number of aliphatic carboxylic acids is 1. The van der Waals surface area contributed by atoms with Crippen LogP contribution in [0.4, 0.5) is 27.6 Å². The molecule has 1 atom stereocenters. The molecule has 1 saturated carbocycles. The Hall–Kier alpha value is -3.47. The number of aliphatic imine (C=N–C) groups is 1. The zero-order valence-electron chi connectivity index (χ0n) is 21.0. The van der Waals surface area contributed by atoms with Gasteiger partial charge in [-0.2, -0.15) is 13.2 Å². The molecule has 1 unspecified atom stereocenters. The van der Waals surface area contributed by atoms with Crippen LogP contribution in [-0.2, 0) is 15.7 Å². The van der Waals surface area contributed by atoms with Crippen molar-refractivity contribution in [2.24, 2.45) is 4.99 Å². The molecular weight excluding hydrogens is 511 g/mol. The Kier molecular flexibility index (Phi) is 7.78. The summed E-state index contributed by atoms with van der Waals surface area (Å²) in [5.74, 6) is 0.270. The standard InChI is InChI=1S/C25H23F5N2O2.C2H4O2/c1-13-11-31-20-12-34-23(16-4-3-5-19(33-2)21(16)14-6-7-14)17-10-15(25(28,29)30)8-9-18(17)32(20)22(13)24(26)27;1-2(3)4/h3-5,8-10,14,23-24H,6-7,11-12H2,1-2H3;1H3,(H,3,4). The number of benzene rings is 2. The molecule has 2 heterocycles. The Morgan fingerprint density at radius 3 is 2.45 bits per heavy atom. The van der Waals surface area contributed by atoms with E-state index in [0.717, 1.165) is 37.5 Å². The third-order valence-corrected chi connectivity index (χ3v) is 6.49. The number of amidine groups is 1. The van der Waals surface area contributed by atoms with Crippen molar-refractivity contribution < 1.29 is 41.3 Å². The van der Waals surface area contributed by atoms with Crippen LogP contribution in [0.15, 0.2) is 52.7 Å². The number of ether oxygens (including phenoxy) is 2. The number of fused-ring (bicyclic) bond motifs is 3. The average molecular weight is 539 g/mol. The van der Waals surface area contributed by atoms with Crippen LogP contribution in [0, 0.1) is 0 Å². The molecule has 204 valence electrons. The van der Waals surface area contributed by atoms with Crippen molar-refractivity contribution in [3.05, 3.63) is 69.9 Å². The molecule has 1 aliphatic carbocycles. The number of anilines is 1. The smallest absolute Gasteiger partial charge is 0.416 e. The van der Waals surface area contributed by atoms with Gasteiger partial charge >= 0.3 is 6.18 Å². The fraction of sp³-hybridized carbons (Fsp3) is 0.407. The molecule has 11 heteroatoms. The first-order valence-corrected chi connectivity index (χ1v) is 11.9. The van der Waals surface area contributed by atoms with E-state index in [0.29, 0.717) is 16.9 Å². The molecule has 1 N–H and O–H groups in total. The highest BCUT2D eigenvalue weighted by atomic mass is 19.4. The molecule has 2 aliphatic heterocycles. The van der Waals surface area contributed by atoms with Crippen molar-refractivity contribution in [2.75, 3.05) is 25.2 Å². The number of allylic oxidation sites excluding steroid dienone is 1. The summed E-state index contributed by atoms with van der Waals surface area (Å²) in [5, 5.41) is 7.42. The van der Waals surface area contributed by atoms with Gasteiger partial charge < -0.3 is 14.6 Å². The van der Waals surface area contributed by atoms with E-state index < -0.39 is 30.2 Å². The van der Waals surface area contributed by atoms with Crippen molar-refractivity contribution in [1.29, 1.82) is 0 Å². The zero-order chi connectivity index (χ0) is 27.8. The summed E-state index contributed by atoms with van der Waals surface area (Å²) in [5.41, 5.74) is 1.19. The molecule has 2 aromatic rings. The molecule has 0 saturated heterocycles. The maximum absolute atomic E-state index is 14.1. The molecule has 0 aromatic heterocycles. The second kappa shape index (κ2) is 10.7. The number of rotatable bonds is 4. The van der Waals surface area contributed by atoms with E-state index >= 15 is 0 Å². The van der Waals surface area contributed by atoms with Gasteiger partial charge in [-0.1, -0.05) is 12.1 Å². The van der Waals surface area contributed by atoms with E-state index in [1.54, 1.807) is 20.1 Å². The lowest BCUT2D eigenvalue weighted by Gasteiger charge is -2.32. The maximum Gasteiger partial charge on any atom is 0.416 e. The van der Waals surface area contributed by atoms with Crippen molar-refractivity contribution in [2.45, 2.75) is 51.3 Å². The minimum Gasteiger partial charge on any atom is -0.496 e. The molecule has 0 bridgehead atoms. The van der Waals surface area contributed by atoms with Crippen LogP contribution in [0.25, 0.3) is 0 Å².